The Hall–Kier alpha value is -3.52. The highest BCUT2D eigenvalue weighted by molar-refractivity contribution is 6.46. The van der Waals surface area contributed by atoms with E-state index in [-0.39, 0.29) is 17.9 Å². The number of unbranched alkanes of at least 4 members (excludes halogenated alkanes) is 2. The van der Waals surface area contributed by atoms with E-state index in [0.29, 0.717) is 54.6 Å². The molecule has 2 aromatic rings. The van der Waals surface area contributed by atoms with Crippen LogP contribution >= 0.6 is 0 Å². The highest BCUT2D eigenvalue weighted by Gasteiger charge is 2.46. The molecular formula is C30H39NO7. The average molecular weight is 526 g/mol. The van der Waals surface area contributed by atoms with Crippen molar-refractivity contribution in [3.05, 3.63) is 59.2 Å². The molecule has 1 amide bonds. The monoisotopic (exact) mass is 525 g/mol. The van der Waals surface area contributed by atoms with Crippen LogP contribution in [0.5, 0.6) is 17.2 Å². The van der Waals surface area contributed by atoms with Gasteiger partial charge in [-0.2, -0.15) is 0 Å². The van der Waals surface area contributed by atoms with Gasteiger partial charge < -0.3 is 29.0 Å². The summed E-state index contributed by atoms with van der Waals surface area (Å²) in [4.78, 5) is 28.0. The highest BCUT2D eigenvalue weighted by Crippen LogP contribution is 2.42. The first kappa shape index (κ1) is 29.0. The second-order valence-electron chi connectivity index (χ2n) is 9.18. The number of ether oxygens (including phenoxy) is 4. The Labute approximate surface area is 225 Å². The van der Waals surface area contributed by atoms with E-state index in [4.69, 9.17) is 18.9 Å². The number of rotatable bonds is 15. The summed E-state index contributed by atoms with van der Waals surface area (Å²) in [5.41, 5.74) is 1.07. The van der Waals surface area contributed by atoms with E-state index in [0.717, 1.165) is 25.7 Å². The van der Waals surface area contributed by atoms with Gasteiger partial charge in [0, 0.05) is 25.8 Å². The van der Waals surface area contributed by atoms with Crippen molar-refractivity contribution in [2.24, 2.45) is 0 Å². The first-order valence-corrected chi connectivity index (χ1v) is 13.3. The van der Waals surface area contributed by atoms with Gasteiger partial charge in [-0.3, -0.25) is 9.59 Å². The summed E-state index contributed by atoms with van der Waals surface area (Å²) in [6, 6.07) is 11.5. The molecule has 1 fully saturated rings. The number of Topliss-reactive ketones (excluding diaryl/α,β-unsaturated/α-hetero) is 1. The maximum Gasteiger partial charge on any atom is 0.295 e. The van der Waals surface area contributed by atoms with Crippen LogP contribution < -0.4 is 14.2 Å². The fraction of sp³-hybridized carbons (Fsp3) is 0.467. The van der Waals surface area contributed by atoms with Gasteiger partial charge in [-0.15, -0.1) is 0 Å². The molecule has 8 nitrogen and oxygen atoms in total. The van der Waals surface area contributed by atoms with Crippen molar-refractivity contribution in [1.29, 1.82) is 0 Å². The van der Waals surface area contributed by atoms with Gasteiger partial charge in [-0.1, -0.05) is 44.9 Å². The molecule has 206 valence electrons. The lowest BCUT2D eigenvalue weighted by atomic mass is 9.95. The number of carbonyl (C=O) groups is 2. The molecule has 1 atom stereocenters. The number of aliphatic hydroxyl groups excluding tert-OH is 1. The lowest BCUT2D eigenvalue weighted by Gasteiger charge is -2.26. The van der Waals surface area contributed by atoms with E-state index >= 15 is 0 Å². The van der Waals surface area contributed by atoms with Gasteiger partial charge in [0.05, 0.1) is 31.9 Å². The quantitative estimate of drug-likeness (QED) is 0.142. The second kappa shape index (κ2) is 14.4. The number of aliphatic hydroxyl groups is 1. The van der Waals surface area contributed by atoms with Crippen LogP contribution in [-0.4, -0.2) is 62.3 Å². The minimum atomic E-state index is -0.796. The summed E-state index contributed by atoms with van der Waals surface area (Å²) in [5, 5.41) is 11.4. The molecule has 1 N–H and O–H groups in total. The van der Waals surface area contributed by atoms with Crippen molar-refractivity contribution in [2.45, 2.75) is 52.0 Å². The van der Waals surface area contributed by atoms with Gasteiger partial charge in [0.15, 0.2) is 11.5 Å². The number of methoxy groups -OCH3 is 2. The van der Waals surface area contributed by atoms with Crippen LogP contribution in [-0.2, 0) is 14.3 Å². The van der Waals surface area contributed by atoms with E-state index in [2.05, 4.69) is 13.8 Å². The zero-order chi connectivity index (χ0) is 27.5. The second-order valence-corrected chi connectivity index (χ2v) is 9.18. The molecule has 1 aliphatic rings. The van der Waals surface area contributed by atoms with Crippen molar-refractivity contribution < 1.29 is 33.6 Å². The summed E-state index contributed by atoms with van der Waals surface area (Å²) < 4.78 is 22.4. The van der Waals surface area contributed by atoms with Gasteiger partial charge in [0.25, 0.3) is 11.7 Å². The fourth-order valence-corrected chi connectivity index (χ4v) is 4.36. The molecule has 1 heterocycles. The number of likely N-dealkylation sites (tertiary alicyclic amines) is 1. The lowest BCUT2D eigenvalue weighted by molar-refractivity contribution is -0.140. The van der Waals surface area contributed by atoms with E-state index in [9.17, 15) is 14.7 Å². The van der Waals surface area contributed by atoms with Gasteiger partial charge in [-0.05, 0) is 49.1 Å². The van der Waals surface area contributed by atoms with Crippen LogP contribution in [0.15, 0.2) is 48.0 Å². The number of ketones is 1. The predicted molar refractivity (Wildman–Crippen MR) is 146 cm³/mol. The first-order valence-electron chi connectivity index (χ1n) is 13.3. The maximum absolute atomic E-state index is 13.3. The minimum absolute atomic E-state index is 0.0276. The molecule has 0 aliphatic carbocycles. The Kier molecular flexibility index (Phi) is 11.0. The topological polar surface area (TPSA) is 94.5 Å². The third-order valence-electron chi connectivity index (χ3n) is 6.42. The molecule has 0 aromatic heterocycles. The number of nitrogens with zero attached hydrogens (tertiary/aromatic N) is 1. The molecule has 1 saturated heterocycles. The summed E-state index contributed by atoms with van der Waals surface area (Å²) in [6.07, 6.45) is 4.35. The molecule has 3 rings (SSSR count). The van der Waals surface area contributed by atoms with Gasteiger partial charge >= 0.3 is 0 Å². The molecule has 38 heavy (non-hydrogen) atoms. The summed E-state index contributed by atoms with van der Waals surface area (Å²) in [6.45, 7) is 5.99. The molecule has 8 heteroatoms. The molecule has 0 spiro atoms. The third-order valence-corrected chi connectivity index (χ3v) is 6.42. The average Bonchev–Trinajstić information content (AvgIpc) is 3.18. The van der Waals surface area contributed by atoms with E-state index in [1.807, 2.05) is 0 Å². The zero-order valence-corrected chi connectivity index (χ0v) is 22.8. The van der Waals surface area contributed by atoms with Gasteiger partial charge in [-0.25, -0.2) is 0 Å². The van der Waals surface area contributed by atoms with Gasteiger partial charge in [0.2, 0.25) is 0 Å². The van der Waals surface area contributed by atoms with Crippen molar-refractivity contribution in [3.63, 3.8) is 0 Å². The van der Waals surface area contributed by atoms with Crippen molar-refractivity contribution in [3.8, 4) is 17.2 Å². The number of hydrogen-bond acceptors (Lipinski definition) is 7. The Morgan fingerprint density at radius 3 is 2.32 bits per heavy atom. The normalized spacial score (nSPS) is 16.6. The SMILES string of the molecule is CCCCOc1cccc(C(O)=C2C(=O)C(=O)N(CCCOC)C2c2ccc(OCCCC)c(OC)c2)c1. The van der Waals surface area contributed by atoms with Crippen LogP contribution in [0.1, 0.15) is 63.1 Å². The third kappa shape index (κ3) is 6.86. The largest absolute Gasteiger partial charge is 0.507 e. The van der Waals surface area contributed by atoms with Crippen LogP contribution in [0.2, 0.25) is 0 Å². The standard InChI is InChI=1S/C30H39NO7/c1-5-7-17-37-23-12-9-11-22(19-23)28(32)26-27(31(15-10-16-35-3)30(34)29(26)33)21-13-14-24(25(20-21)36-4)38-18-8-6-2/h9,11-14,19-20,27,32H,5-8,10,15-18H2,1-4H3. The maximum atomic E-state index is 13.3. The van der Waals surface area contributed by atoms with E-state index < -0.39 is 17.7 Å². The first-order chi connectivity index (χ1) is 18.5. The smallest absolute Gasteiger partial charge is 0.295 e. The Morgan fingerprint density at radius 2 is 1.63 bits per heavy atom. The minimum Gasteiger partial charge on any atom is -0.507 e. The van der Waals surface area contributed by atoms with Crippen molar-refractivity contribution >= 4 is 17.4 Å². The van der Waals surface area contributed by atoms with Crippen LogP contribution in [0.25, 0.3) is 5.76 Å². The molecule has 1 unspecified atom stereocenters. The Balaban J connectivity index is 2.06. The number of amides is 1. The van der Waals surface area contributed by atoms with Gasteiger partial charge in [0.1, 0.15) is 11.5 Å². The van der Waals surface area contributed by atoms with Crippen molar-refractivity contribution in [1.82, 2.24) is 4.90 Å². The van der Waals surface area contributed by atoms with E-state index in [1.54, 1.807) is 56.7 Å². The summed E-state index contributed by atoms with van der Waals surface area (Å²) in [7, 11) is 3.13. The molecule has 2 aromatic carbocycles. The number of hydrogen-bond donors (Lipinski definition) is 1. The number of carbonyl (C=O) groups excluding carboxylic acids is 2. The predicted octanol–water partition coefficient (Wildman–Crippen LogP) is 5.51. The lowest BCUT2D eigenvalue weighted by Crippen LogP contribution is -2.31. The molecular weight excluding hydrogens is 486 g/mol. The Morgan fingerprint density at radius 1 is 0.895 bits per heavy atom. The summed E-state index contributed by atoms with van der Waals surface area (Å²) in [5.74, 6) is 0.0227. The zero-order valence-electron chi connectivity index (χ0n) is 22.8. The number of benzene rings is 2. The van der Waals surface area contributed by atoms with Crippen LogP contribution in [0.4, 0.5) is 0 Å². The summed E-state index contributed by atoms with van der Waals surface area (Å²) >= 11 is 0. The molecule has 0 bridgehead atoms. The van der Waals surface area contributed by atoms with Crippen LogP contribution in [0.3, 0.4) is 0 Å². The van der Waals surface area contributed by atoms with Crippen LogP contribution in [0, 0.1) is 0 Å². The fourth-order valence-electron chi connectivity index (χ4n) is 4.36. The Bertz CT molecular complexity index is 1130. The van der Waals surface area contributed by atoms with Crippen molar-refractivity contribution in [2.75, 3.05) is 40.6 Å². The molecule has 0 saturated carbocycles. The molecule has 1 aliphatic heterocycles. The molecule has 0 radical (unpaired) electrons. The van der Waals surface area contributed by atoms with E-state index in [1.165, 1.54) is 4.90 Å². The highest BCUT2D eigenvalue weighted by atomic mass is 16.5.